The summed E-state index contributed by atoms with van der Waals surface area (Å²) in [6.07, 6.45) is 1.75. The number of benzene rings is 1. The van der Waals surface area contributed by atoms with E-state index in [-0.39, 0.29) is 5.69 Å². The Hall–Kier alpha value is -1.36. The summed E-state index contributed by atoms with van der Waals surface area (Å²) in [7, 11) is 0. The SMILES string of the molecule is O=[N+]([O-])c1cc(Br)c2cc[nH]c2c1. The molecule has 0 saturated carbocycles. The second-order valence-electron chi connectivity index (χ2n) is 2.62. The zero-order chi connectivity index (χ0) is 9.42. The number of halogens is 1. The van der Waals surface area contributed by atoms with E-state index < -0.39 is 4.92 Å². The summed E-state index contributed by atoms with van der Waals surface area (Å²) in [5.74, 6) is 0. The summed E-state index contributed by atoms with van der Waals surface area (Å²) in [5.41, 5.74) is 0.850. The molecule has 66 valence electrons. The number of nitrogens with one attached hydrogen (secondary N) is 1. The number of H-pyrrole nitrogens is 1. The third-order valence-electron chi connectivity index (χ3n) is 1.81. The molecule has 2 rings (SSSR count). The summed E-state index contributed by atoms with van der Waals surface area (Å²) < 4.78 is 0.734. The van der Waals surface area contributed by atoms with E-state index in [0.717, 1.165) is 15.4 Å². The van der Waals surface area contributed by atoms with E-state index in [4.69, 9.17) is 0 Å². The van der Waals surface area contributed by atoms with E-state index in [1.165, 1.54) is 12.1 Å². The van der Waals surface area contributed by atoms with E-state index >= 15 is 0 Å². The number of nitrogens with zero attached hydrogens (tertiary/aromatic N) is 1. The Morgan fingerprint density at radius 3 is 2.92 bits per heavy atom. The van der Waals surface area contributed by atoms with Crippen molar-refractivity contribution < 1.29 is 4.92 Å². The summed E-state index contributed by atoms with van der Waals surface area (Å²) >= 11 is 3.27. The van der Waals surface area contributed by atoms with E-state index in [1.54, 1.807) is 6.20 Å². The fourth-order valence-electron chi connectivity index (χ4n) is 1.21. The predicted octanol–water partition coefficient (Wildman–Crippen LogP) is 2.84. The van der Waals surface area contributed by atoms with Crippen LogP contribution in [0.5, 0.6) is 0 Å². The Morgan fingerprint density at radius 2 is 2.23 bits per heavy atom. The second-order valence-corrected chi connectivity index (χ2v) is 3.48. The van der Waals surface area contributed by atoms with Crippen molar-refractivity contribution in [3.8, 4) is 0 Å². The molecule has 0 bridgehead atoms. The van der Waals surface area contributed by atoms with Gasteiger partial charge < -0.3 is 4.98 Å². The highest BCUT2D eigenvalue weighted by atomic mass is 79.9. The molecule has 0 aliphatic rings. The second kappa shape index (κ2) is 2.85. The van der Waals surface area contributed by atoms with Crippen molar-refractivity contribution in [1.82, 2.24) is 4.98 Å². The molecule has 0 unspecified atom stereocenters. The molecule has 0 aliphatic carbocycles. The Labute approximate surface area is 81.8 Å². The van der Waals surface area contributed by atoms with Crippen LogP contribution in [0.25, 0.3) is 10.9 Å². The number of hydrogen-bond donors (Lipinski definition) is 1. The van der Waals surface area contributed by atoms with E-state index in [1.807, 2.05) is 6.07 Å². The average Bonchev–Trinajstić information content (AvgIpc) is 2.51. The molecule has 0 radical (unpaired) electrons. The van der Waals surface area contributed by atoms with Crippen LogP contribution in [0.2, 0.25) is 0 Å². The van der Waals surface area contributed by atoms with Gasteiger partial charge in [0.05, 0.1) is 10.4 Å². The highest BCUT2D eigenvalue weighted by Crippen LogP contribution is 2.28. The molecule has 1 heterocycles. The number of aromatic amines is 1. The quantitative estimate of drug-likeness (QED) is 0.616. The summed E-state index contributed by atoms with van der Waals surface area (Å²) in [6, 6.07) is 4.87. The number of nitro benzene ring substituents is 1. The molecule has 0 saturated heterocycles. The number of hydrogen-bond acceptors (Lipinski definition) is 2. The minimum atomic E-state index is -0.412. The van der Waals surface area contributed by atoms with Crippen LogP contribution >= 0.6 is 15.9 Å². The number of rotatable bonds is 1. The zero-order valence-electron chi connectivity index (χ0n) is 6.45. The first kappa shape index (κ1) is 8.25. The number of fused-ring (bicyclic) bond motifs is 1. The summed E-state index contributed by atoms with van der Waals surface area (Å²) in [5, 5.41) is 11.4. The Balaban J connectivity index is 2.77. The van der Waals surface area contributed by atoms with Crippen LogP contribution in [0, 0.1) is 10.1 Å². The monoisotopic (exact) mass is 240 g/mol. The third-order valence-corrected chi connectivity index (χ3v) is 2.47. The van der Waals surface area contributed by atoms with Gasteiger partial charge in [0.2, 0.25) is 0 Å². The summed E-state index contributed by atoms with van der Waals surface area (Å²) in [6.45, 7) is 0. The smallest absolute Gasteiger partial charge is 0.272 e. The maximum atomic E-state index is 10.5. The van der Waals surface area contributed by atoms with Gasteiger partial charge in [-0.1, -0.05) is 0 Å². The maximum absolute atomic E-state index is 10.5. The molecule has 0 spiro atoms. The molecular weight excluding hydrogens is 236 g/mol. The van der Waals surface area contributed by atoms with Gasteiger partial charge in [-0.3, -0.25) is 10.1 Å². The van der Waals surface area contributed by atoms with E-state index in [0.29, 0.717) is 0 Å². The van der Waals surface area contributed by atoms with Crippen LogP contribution in [0.4, 0.5) is 5.69 Å². The van der Waals surface area contributed by atoms with Crippen molar-refractivity contribution in [1.29, 1.82) is 0 Å². The lowest BCUT2D eigenvalue weighted by Crippen LogP contribution is -1.87. The average molecular weight is 241 g/mol. The van der Waals surface area contributed by atoms with Crippen LogP contribution in [-0.4, -0.2) is 9.91 Å². The van der Waals surface area contributed by atoms with Gasteiger partial charge in [-0.2, -0.15) is 0 Å². The standard InChI is InChI=1S/C8H5BrN2O2/c9-7-3-5(11(12)13)4-8-6(7)1-2-10-8/h1-4,10H. The maximum Gasteiger partial charge on any atom is 0.272 e. The van der Waals surface area contributed by atoms with Crippen LogP contribution in [-0.2, 0) is 0 Å². The van der Waals surface area contributed by atoms with Crippen LogP contribution < -0.4 is 0 Å². The Morgan fingerprint density at radius 1 is 1.46 bits per heavy atom. The molecule has 0 aliphatic heterocycles. The lowest BCUT2D eigenvalue weighted by Gasteiger charge is -1.94. The third kappa shape index (κ3) is 1.31. The molecular formula is C8H5BrN2O2. The highest BCUT2D eigenvalue weighted by molar-refractivity contribution is 9.10. The first-order chi connectivity index (χ1) is 6.18. The van der Waals surface area contributed by atoms with Crippen molar-refractivity contribution in [2.75, 3.05) is 0 Å². The minimum absolute atomic E-state index is 0.0850. The van der Waals surface area contributed by atoms with Crippen LogP contribution in [0.15, 0.2) is 28.9 Å². The molecule has 2 aromatic rings. The molecule has 1 N–H and O–H groups in total. The molecule has 5 heteroatoms. The van der Waals surface area contributed by atoms with E-state index in [2.05, 4.69) is 20.9 Å². The Bertz CT molecular complexity index is 478. The minimum Gasteiger partial charge on any atom is -0.361 e. The molecule has 0 atom stereocenters. The molecule has 4 nitrogen and oxygen atoms in total. The number of aromatic nitrogens is 1. The van der Waals surface area contributed by atoms with Crippen LogP contribution in [0.1, 0.15) is 0 Å². The van der Waals surface area contributed by atoms with Crippen molar-refractivity contribution in [2.24, 2.45) is 0 Å². The van der Waals surface area contributed by atoms with Crippen molar-refractivity contribution in [3.63, 3.8) is 0 Å². The Kier molecular flexibility index (Phi) is 1.81. The number of nitro groups is 1. The van der Waals surface area contributed by atoms with Gasteiger partial charge in [0.25, 0.3) is 5.69 Å². The lowest BCUT2D eigenvalue weighted by molar-refractivity contribution is -0.384. The number of non-ortho nitro benzene ring substituents is 1. The topological polar surface area (TPSA) is 58.9 Å². The van der Waals surface area contributed by atoms with Gasteiger partial charge in [0.15, 0.2) is 0 Å². The molecule has 13 heavy (non-hydrogen) atoms. The van der Waals surface area contributed by atoms with Gasteiger partial charge in [-0.25, -0.2) is 0 Å². The van der Waals surface area contributed by atoms with Gasteiger partial charge in [0, 0.05) is 28.2 Å². The van der Waals surface area contributed by atoms with Crippen molar-refractivity contribution in [2.45, 2.75) is 0 Å². The van der Waals surface area contributed by atoms with Gasteiger partial charge >= 0.3 is 0 Å². The predicted molar refractivity (Wildman–Crippen MR) is 52.7 cm³/mol. The van der Waals surface area contributed by atoms with Gasteiger partial charge in [-0.05, 0) is 22.0 Å². The summed E-state index contributed by atoms with van der Waals surface area (Å²) in [4.78, 5) is 13.0. The fraction of sp³-hybridized carbons (Fsp3) is 0. The molecule has 0 amide bonds. The molecule has 1 aromatic heterocycles. The normalized spacial score (nSPS) is 10.5. The molecule has 0 fully saturated rings. The van der Waals surface area contributed by atoms with E-state index in [9.17, 15) is 10.1 Å². The van der Waals surface area contributed by atoms with Crippen molar-refractivity contribution >= 4 is 32.5 Å². The molecule has 1 aromatic carbocycles. The van der Waals surface area contributed by atoms with Crippen LogP contribution in [0.3, 0.4) is 0 Å². The van der Waals surface area contributed by atoms with Crippen molar-refractivity contribution in [3.05, 3.63) is 39.0 Å². The highest BCUT2D eigenvalue weighted by Gasteiger charge is 2.09. The van der Waals surface area contributed by atoms with Gasteiger partial charge in [0.1, 0.15) is 0 Å². The van der Waals surface area contributed by atoms with Gasteiger partial charge in [-0.15, -0.1) is 0 Å². The lowest BCUT2D eigenvalue weighted by atomic mass is 10.2. The zero-order valence-corrected chi connectivity index (χ0v) is 8.04. The largest absolute Gasteiger partial charge is 0.361 e. The first-order valence-corrected chi connectivity index (χ1v) is 4.39. The fourth-order valence-corrected chi connectivity index (χ4v) is 1.79. The first-order valence-electron chi connectivity index (χ1n) is 3.59.